The maximum atomic E-state index is 12.8. The number of carbonyl (C=O) groups excluding carboxylic acids is 4. The van der Waals surface area contributed by atoms with Crippen LogP contribution >= 0.6 is 0 Å². The first kappa shape index (κ1) is 24.8. The summed E-state index contributed by atoms with van der Waals surface area (Å²) in [6.45, 7) is 3.51. The predicted molar refractivity (Wildman–Crippen MR) is 111 cm³/mol. The molecule has 0 aromatic heterocycles. The van der Waals surface area contributed by atoms with E-state index in [2.05, 4.69) is 9.98 Å². The second-order valence-electron chi connectivity index (χ2n) is 6.77. The van der Waals surface area contributed by atoms with Crippen molar-refractivity contribution in [1.29, 1.82) is 0 Å². The Bertz CT molecular complexity index is 958. The highest BCUT2D eigenvalue weighted by molar-refractivity contribution is 6.29. The Kier molecular flexibility index (Phi) is 7.90. The number of rotatable bonds is 8. The van der Waals surface area contributed by atoms with Gasteiger partial charge in [-0.15, -0.1) is 0 Å². The van der Waals surface area contributed by atoms with E-state index in [1.165, 1.54) is 14.0 Å². The summed E-state index contributed by atoms with van der Waals surface area (Å²) in [5.74, 6) is -6.54. The molecule has 11 nitrogen and oxygen atoms in total. The number of carbonyl (C=O) groups is 4. The van der Waals surface area contributed by atoms with E-state index >= 15 is 0 Å². The van der Waals surface area contributed by atoms with Crippen LogP contribution in [0.5, 0.6) is 0 Å². The normalized spacial score (nSPS) is 22.3. The first-order valence-corrected chi connectivity index (χ1v) is 9.89. The molecular formula is C21H26N2O9. The summed E-state index contributed by atoms with van der Waals surface area (Å²) in [7, 11) is 4.55. The number of ether oxygens (including phenoxy) is 5. The molecule has 0 saturated heterocycles. The first-order chi connectivity index (χ1) is 15.2. The molecule has 0 N–H and O–H groups in total. The predicted octanol–water partition coefficient (Wildman–Crippen LogP) is 1.06. The zero-order valence-corrected chi connectivity index (χ0v) is 18.9. The SMILES string of the molecule is CCCCCN=C1OC2(OC(=NC)C(C(=O)OC)=C2C(=O)OC)C(C(=O)OC)=C1C(C)=O. The smallest absolute Gasteiger partial charge is 0.344 e. The van der Waals surface area contributed by atoms with E-state index in [4.69, 9.17) is 23.7 Å². The van der Waals surface area contributed by atoms with Crippen LogP contribution in [0.1, 0.15) is 33.1 Å². The number of nitrogens with zero attached hydrogens (tertiary/aromatic N) is 2. The van der Waals surface area contributed by atoms with E-state index in [0.717, 1.165) is 34.2 Å². The Hall–Kier alpha value is -3.50. The number of unbranched alkanes of at least 4 members (excludes halogenated alkanes) is 2. The summed E-state index contributed by atoms with van der Waals surface area (Å²) in [6.07, 6.45) is 2.52. The summed E-state index contributed by atoms with van der Waals surface area (Å²) in [5, 5.41) is 0. The van der Waals surface area contributed by atoms with Gasteiger partial charge in [0.25, 0.3) is 0 Å². The molecule has 2 aliphatic rings. The minimum absolute atomic E-state index is 0.211. The number of methoxy groups -OCH3 is 3. The molecule has 2 heterocycles. The number of esters is 3. The monoisotopic (exact) mass is 450 g/mol. The molecule has 1 unspecified atom stereocenters. The van der Waals surface area contributed by atoms with Gasteiger partial charge in [-0.05, 0) is 13.3 Å². The van der Waals surface area contributed by atoms with Crippen molar-refractivity contribution >= 4 is 35.5 Å². The molecule has 11 heteroatoms. The van der Waals surface area contributed by atoms with E-state index in [-0.39, 0.29) is 17.4 Å². The molecule has 32 heavy (non-hydrogen) atoms. The van der Waals surface area contributed by atoms with Crippen LogP contribution in [0.3, 0.4) is 0 Å². The van der Waals surface area contributed by atoms with E-state index in [1.54, 1.807) is 0 Å². The lowest BCUT2D eigenvalue weighted by Crippen LogP contribution is -2.41. The number of Topliss-reactive ketones (excluding diaryl/α,β-unsaturated/α-hetero) is 1. The summed E-state index contributed by atoms with van der Waals surface area (Å²) < 4.78 is 26.1. The molecule has 0 fully saturated rings. The molecule has 2 rings (SSSR count). The van der Waals surface area contributed by atoms with Gasteiger partial charge in [0.15, 0.2) is 5.78 Å². The molecule has 0 saturated carbocycles. The Morgan fingerprint density at radius 3 is 1.84 bits per heavy atom. The minimum atomic E-state index is -2.36. The second-order valence-corrected chi connectivity index (χ2v) is 6.77. The second kappa shape index (κ2) is 10.2. The summed E-state index contributed by atoms with van der Waals surface area (Å²) >= 11 is 0. The average molecular weight is 450 g/mol. The number of aliphatic imine (C=N–C) groups is 2. The van der Waals surface area contributed by atoms with Gasteiger partial charge in [-0.2, -0.15) is 0 Å². The van der Waals surface area contributed by atoms with Crippen LogP contribution in [-0.4, -0.2) is 76.2 Å². The zero-order valence-electron chi connectivity index (χ0n) is 18.9. The highest BCUT2D eigenvalue weighted by Gasteiger charge is 2.65. The maximum absolute atomic E-state index is 12.8. The molecule has 0 aliphatic carbocycles. The van der Waals surface area contributed by atoms with Gasteiger partial charge in [0.2, 0.25) is 11.8 Å². The van der Waals surface area contributed by atoms with Gasteiger partial charge in [0.1, 0.15) is 16.7 Å². The number of hydrogen-bond acceptors (Lipinski definition) is 11. The molecule has 0 aromatic rings. The fraction of sp³-hybridized carbons (Fsp3) is 0.524. The van der Waals surface area contributed by atoms with Gasteiger partial charge in [0, 0.05) is 13.6 Å². The fourth-order valence-electron chi connectivity index (χ4n) is 3.37. The molecule has 1 atom stereocenters. The van der Waals surface area contributed by atoms with Crippen LogP contribution in [0.25, 0.3) is 0 Å². The minimum Gasteiger partial charge on any atom is -0.465 e. The fourth-order valence-corrected chi connectivity index (χ4v) is 3.37. The lowest BCUT2D eigenvalue weighted by molar-refractivity contribution is -0.147. The highest BCUT2D eigenvalue weighted by atomic mass is 16.7. The Balaban J connectivity index is 2.87. The molecule has 2 aliphatic heterocycles. The quantitative estimate of drug-likeness (QED) is 0.302. The summed E-state index contributed by atoms with van der Waals surface area (Å²) in [5.41, 5.74) is -1.58. The van der Waals surface area contributed by atoms with Crippen LogP contribution < -0.4 is 0 Å². The largest absolute Gasteiger partial charge is 0.465 e. The van der Waals surface area contributed by atoms with Gasteiger partial charge in [-0.25, -0.2) is 14.4 Å². The lowest BCUT2D eigenvalue weighted by Gasteiger charge is -2.26. The third-order valence-electron chi connectivity index (χ3n) is 4.81. The molecule has 0 bridgehead atoms. The Labute approximate surface area is 185 Å². The van der Waals surface area contributed by atoms with Crippen molar-refractivity contribution in [3.8, 4) is 0 Å². The number of ketones is 1. The Morgan fingerprint density at radius 2 is 1.38 bits per heavy atom. The molecule has 0 radical (unpaired) electrons. The van der Waals surface area contributed by atoms with Crippen molar-refractivity contribution in [3.05, 3.63) is 22.3 Å². The van der Waals surface area contributed by atoms with Gasteiger partial charge >= 0.3 is 23.7 Å². The van der Waals surface area contributed by atoms with Crippen molar-refractivity contribution in [1.82, 2.24) is 0 Å². The third kappa shape index (κ3) is 4.14. The van der Waals surface area contributed by atoms with E-state index < -0.39 is 46.2 Å². The van der Waals surface area contributed by atoms with Gasteiger partial charge in [-0.1, -0.05) is 19.8 Å². The van der Waals surface area contributed by atoms with Crippen molar-refractivity contribution in [3.63, 3.8) is 0 Å². The van der Waals surface area contributed by atoms with Gasteiger partial charge < -0.3 is 23.7 Å². The van der Waals surface area contributed by atoms with Gasteiger partial charge in [-0.3, -0.25) is 14.8 Å². The molecule has 0 amide bonds. The van der Waals surface area contributed by atoms with Crippen LogP contribution in [0, 0.1) is 0 Å². The molecular weight excluding hydrogens is 424 g/mol. The maximum Gasteiger partial charge on any atom is 0.344 e. The van der Waals surface area contributed by atoms with Crippen molar-refractivity contribution in [2.45, 2.75) is 38.9 Å². The first-order valence-electron chi connectivity index (χ1n) is 9.89. The zero-order chi connectivity index (χ0) is 24.1. The van der Waals surface area contributed by atoms with Crippen LogP contribution in [0.15, 0.2) is 32.3 Å². The van der Waals surface area contributed by atoms with Gasteiger partial charge in [0.05, 0.1) is 26.9 Å². The van der Waals surface area contributed by atoms with Crippen molar-refractivity contribution < 1.29 is 42.9 Å². The third-order valence-corrected chi connectivity index (χ3v) is 4.81. The van der Waals surface area contributed by atoms with Crippen LogP contribution in [-0.2, 0) is 42.9 Å². The van der Waals surface area contributed by atoms with Crippen molar-refractivity contribution in [2.75, 3.05) is 34.9 Å². The van der Waals surface area contributed by atoms with Crippen molar-refractivity contribution in [2.24, 2.45) is 9.98 Å². The summed E-state index contributed by atoms with van der Waals surface area (Å²) in [4.78, 5) is 58.9. The standard InChI is InChI=1S/C21H26N2O9/c1-7-8-9-10-23-17-12(11(2)24)14(19(26)29-5)21(32-17)15(20(27)30-6)13(18(25)28-4)16(22-3)31-21/h7-10H2,1-6H3. The number of hydrogen-bond donors (Lipinski definition) is 0. The topological polar surface area (TPSA) is 139 Å². The van der Waals surface area contributed by atoms with Crippen LogP contribution in [0.2, 0.25) is 0 Å². The molecule has 0 aromatic carbocycles. The highest BCUT2D eigenvalue weighted by Crippen LogP contribution is 2.47. The molecule has 1 spiro atoms. The Morgan fingerprint density at radius 1 is 0.844 bits per heavy atom. The van der Waals surface area contributed by atoms with E-state index in [9.17, 15) is 19.2 Å². The molecule has 174 valence electrons. The van der Waals surface area contributed by atoms with Crippen LogP contribution in [0.4, 0.5) is 0 Å². The average Bonchev–Trinajstić information content (AvgIpc) is 3.29. The van der Waals surface area contributed by atoms with E-state index in [0.29, 0.717) is 13.0 Å². The summed E-state index contributed by atoms with van der Waals surface area (Å²) in [6, 6.07) is 0. The lowest BCUT2D eigenvalue weighted by atomic mass is 9.92. The van der Waals surface area contributed by atoms with E-state index in [1.807, 2.05) is 6.92 Å².